The average molecular weight is 444 g/mol. The van der Waals surface area contributed by atoms with Crippen LogP contribution in [0.2, 0.25) is 0 Å². The molecule has 4 aliphatic carbocycles. The van der Waals surface area contributed by atoms with Gasteiger partial charge in [0.25, 0.3) is 11.5 Å². The number of carbonyl (C=O) groups is 1. The van der Waals surface area contributed by atoms with Crippen LogP contribution >= 0.6 is 15.9 Å². The molecule has 2 aromatic rings. The summed E-state index contributed by atoms with van der Waals surface area (Å²) in [6.07, 6.45) is 6.89. The van der Waals surface area contributed by atoms with Gasteiger partial charge in [-0.1, -0.05) is 15.9 Å². The van der Waals surface area contributed by atoms with Gasteiger partial charge in [-0.25, -0.2) is 0 Å². The van der Waals surface area contributed by atoms with Crippen molar-refractivity contribution in [2.45, 2.75) is 44.1 Å². The van der Waals surface area contributed by atoms with Crippen molar-refractivity contribution in [2.24, 2.45) is 17.8 Å². The van der Waals surface area contributed by atoms with Crippen LogP contribution in [0.15, 0.2) is 39.6 Å². The number of nitrogens with zero attached hydrogens (tertiary/aromatic N) is 2. The third-order valence-electron chi connectivity index (χ3n) is 6.61. The van der Waals surface area contributed by atoms with Gasteiger partial charge < -0.3 is 10.4 Å². The number of aromatic hydroxyl groups is 1. The maximum absolute atomic E-state index is 13.0. The van der Waals surface area contributed by atoms with Crippen molar-refractivity contribution in [1.82, 2.24) is 15.1 Å². The summed E-state index contributed by atoms with van der Waals surface area (Å²) in [6, 6.07) is 8.12. The van der Waals surface area contributed by atoms with E-state index >= 15 is 0 Å². The van der Waals surface area contributed by atoms with Crippen LogP contribution in [0.3, 0.4) is 0 Å². The molecule has 4 bridgehead atoms. The number of nitrogens with one attached hydrogen (secondary N) is 1. The maximum atomic E-state index is 13.0. The number of benzene rings is 1. The van der Waals surface area contributed by atoms with Gasteiger partial charge in [-0.3, -0.25) is 9.59 Å². The second-order valence-corrected chi connectivity index (χ2v) is 9.67. The Morgan fingerprint density at radius 3 is 2.25 bits per heavy atom. The number of rotatable bonds is 3. The highest BCUT2D eigenvalue weighted by Gasteiger charge is 2.51. The lowest BCUT2D eigenvalue weighted by molar-refractivity contribution is -0.0168. The van der Waals surface area contributed by atoms with Crippen LogP contribution in [0.5, 0.6) is 5.75 Å². The molecular weight excluding hydrogens is 422 g/mol. The molecule has 146 valence electrons. The molecule has 1 aromatic heterocycles. The van der Waals surface area contributed by atoms with Crippen LogP contribution in [0.25, 0.3) is 5.69 Å². The quantitative estimate of drug-likeness (QED) is 0.760. The van der Waals surface area contributed by atoms with E-state index in [1.54, 1.807) is 24.3 Å². The molecule has 0 unspecified atom stereocenters. The highest BCUT2D eigenvalue weighted by molar-refractivity contribution is 9.10. The van der Waals surface area contributed by atoms with E-state index in [0.717, 1.165) is 34.5 Å². The smallest absolute Gasteiger partial charge is 0.276 e. The fraction of sp³-hybridized carbons (Fsp3) is 0.476. The summed E-state index contributed by atoms with van der Waals surface area (Å²) in [7, 11) is 0. The number of aromatic nitrogens is 2. The molecule has 4 aliphatic rings. The summed E-state index contributed by atoms with van der Waals surface area (Å²) >= 11 is 3.36. The molecule has 6 nitrogen and oxygen atoms in total. The normalized spacial score (nSPS) is 30.4. The van der Waals surface area contributed by atoms with Gasteiger partial charge in [-0.15, -0.1) is 0 Å². The van der Waals surface area contributed by atoms with Crippen molar-refractivity contribution in [2.75, 3.05) is 0 Å². The van der Waals surface area contributed by atoms with Gasteiger partial charge >= 0.3 is 0 Å². The first kappa shape index (κ1) is 17.9. The van der Waals surface area contributed by atoms with Crippen molar-refractivity contribution in [3.63, 3.8) is 0 Å². The van der Waals surface area contributed by atoms with E-state index in [9.17, 15) is 14.7 Å². The van der Waals surface area contributed by atoms with Crippen molar-refractivity contribution in [3.8, 4) is 11.4 Å². The lowest BCUT2D eigenvalue weighted by Crippen LogP contribution is -2.60. The standard InChI is InChI=1S/C21H22BrN3O3/c22-15-1-3-16(4-2-15)25-18(27)8-17(26)19(24-25)20(28)23-21-9-12-5-13(10-21)7-14(6-12)11-21/h1-4,8,12-14,26H,5-7,9-11H2,(H,23,28). The Balaban J connectivity index is 1.46. The minimum Gasteiger partial charge on any atom is -0.505 e. The molecule has 1 heterocycles. The molecule has 6 rings (SSSR count). The molecule has 28 heavy (non-hydrogen) atoms. The zero-order valence-electron chi connectivity index (χ0n) is 15.4. The molecule has 1 aromatic carbocycles. The molecular formula is C21H22BrN3O3. The molecule has 1 amide bonds. The Morgan fingerprint density at radius 2 is 1.68 bits per heavy atom. The largest absolute Gasteiger partial charge is 0.505 e. The summed E-state index contributed by atoms with van der Waals surface area (Å²) in [5, 5.41) is 17.6. The lowest BCUT2D eigenvalue weighted by Gasteiger charge is -2.56. The SMILES string of the molecule is O=C(NC12CC3CC(CC(C3)C1)C2)c1nn(-c2ccc(Br)cc2)c(=O)cc1O. The Labute approximate surface area is 171 Å². The van der Waals surface area contributed by atoms with Gasteiger partial charge in [0.2, 0.25) is 0 Å². The molecule has 0 aliphatic heterocycles. The number of carbonyl (C=O) groups excluding carboxylic acids is 1. The van der Waals surface area contributed by atoms with E-state index in [1.165, 1.54) is 19.3 Å². The van der Waals surface area contributed by atoms with Gasteiger partial charge in [0, 0.05) is 16.1 Å². The van der Waals surface area contributed by atoms with Crippen molar-refractivity contribution in [1.29, 1.82) is 0 Å². The number of halogens is 1. The minimum atomic E-state index is -0.480. The van der Waals surface area contributed by atoms with E-state index in [2.05, 4.69) is 26.3 Å². The second-order valence-electron chi connectivity index (χ2n) is 8.76. The highest BCUT2D eigenvalue weighted by atomic mass is 79.9. The number of hydrogen-bond donors (Lipinski definition) is 2. The fourth-order valence-electron chi connectivity index (χ4n) is 5.94. The molecule has 4 fully saturated rings. The van der Waals surface area contributed by atoms with Crippen LogP contribution in [0.1, 0.15) is 49.0 Å². The number of hydrogen-bond acceptors (Lipinski definition) is 4. The molecule has 2 N–H and O–H groups in total. The van der Waals surface area contributed by atoms with E-state index < -0.39 is 11.5 Å². The first-order valence-corrected chi connectivity index (χ1v) is 10.6. The molecule has 7 heteroatoms. The first-order valence-electron chi connectivity index (χ1n) is 9.83. The zero-order valence-corrected chi connectivity index (χ0v) is 17.0. The molecule has 0 radical (unpaired) electrons. The lowest BCUT2D eigenvalue weighted by atomic mass is 9.53. The summed E-state index contributed by atoms with van der Waals surface area (Å²) in [4.78, 5) is 25.3. The van der Waals surface area contributed by atoms with E-state index in [1.807, 2.05) is 0 Å². The van der Waals surface area contributed by atoms with Gasteiger partial charge in [0.15, 0.2) is 11.4 Å². The van der Waals surface area contributed by atoms with Crippen LogP contribution in [0.4, 0.5) is 0 Å². The zero-order chi connectivity index (χ0) is 19.5. The van der Waals surface area contributed by atoms with Gasteiger partial charge in [0.1, 0.15) is 0 Å². The summed E-state index contributed by atoms with van der Waals surface area (Å²) in [5.41, 5.74) is -0.222. The summed E-state index contributed by atoms with van der Waals surface area (Å²) in [6.45, 7) is 0. The Morgan fingerprint density at radius 1 is 1.11 bits per heavy atom. The van der Waals surface area contributed by atoms with Gasteiger partial charge in [0.05, 0.1) is 5.69 Å². The van der Waals surface area contributed by atoms with E-state index in [-0.39, 0.29) is 17.0 Å². The average Bonchev–Trinajstić information content (AvgIpc) is 2.61. The summed E-state index contributed by atoms with van der Waals surface area (Å²) < 4.78 is 2.03. The summed E-state index contributed by atoms with van der Waals surface area (Å²) in [5.74, 6) is 1.32. The molecule has 4 saturated carbocycles. The van der Waals surface area contributed by atoms with Crippen molar-refractivity contribution >= 4 is 21.8 Å². The fourth-order valence-corrected chi connectivity index (χ4v) is 6.20. The van der Waals surface area contributed by atoms with Crippen molar-refractivity contribution < 1.29 is 9.90 Å². The Bertz CT molecular complexity index is 964. The topological polar surface area (TPSA) is 84.2 Å². The maximum Gasteiger partial charge on any atom is 0.276 e. The predicted molar refractivity (Wildman–Crippen MR) is 108 cm³/mol. The Hall–Kier alpha value is -2.15. The van der Waals surface area contributed by atoms with Crippen molar-refractivity contribution in [3.05, 3.63) is 50.9 Å². The second kappa shape index (κ2) is 6.44. The van der Waals surface area contributed by atoms with Gasteiger partial charge in [-0.05, 0) is 80.5 Å². The third kappa shape index (κ3) is 3.05. The minimum absolute atomic E-state index is 0.0988. The number of amides is 1. The molecule has 0 atom stereocenters. The highest BCUT2D eigenvalue weighted by Crippen LogP contribution is 2.55. The van der Waals surface area contributed by atoms with Gasteiger partial charge in [-0.2, -0.15) is 9.78 Å². The van der Waals surface area contributed by atoms with E-state index in [4.69, 9.17) is 0 Å². The monoisotopic (exact) mass is 443 g/mol. The van der Waals surface area contributed by atoms with Crippen LogP contribution in [-0.4, -0.2) is 26.3 Å². The van der Waals surface area contributed by atoms with E-state index in [0.29, 0.717) is 23.4 Å². The Kier molecular flexibility index (Phi) is 4.12. The predicted octanol–water partition coefficient (Wildman–Crippen LogP) is 3.40. The third-order valence-corrected chi connectivity index (χ3v) is 7.14. The molecule has 0 saturated heterocycles. The van der Waals surface area contributed by atoms with Crippen LogP contribution in [0, 0.1) is 17.8 Å². The van der Waals surface area contributed by atoms with Crippen LogP contribution in [-0.2, 0) is 0 Å². The first-order chi connectivity index (χ1) is 13.4. The molecule has 0 spiro atoms. The van der Waals surface area contributed by atoms with Crippen LogP contribution < -0.4 is 10.9 Å².